The van der Waals surface area contributed by atoms with Crippen LogP contribution in [0.25, 0.3) is 27.8 Å². The Morgan fingerprint density at radius 2 is 1.21 bits per heavy atom. The molecule has 0 fully saturated rings. The lowest BCUT2D eigenvalue weighted by atomic mass is 9.34. The van der Waals surface area contributed by atoms with Crippen molar-refractivity contribution in [3.8, 4) is 23.5 Å². The van der Waals surface area contributed by atoms with E-state index in [0.29, 0.717) is 11.9 Å². The van der Waals surface area contributed by atoms with Gasteiger partial charge in [0.05, 0.1) is 11.0 Å². The van der Waals surface area contributed by atoms with E-state index >= 15 is 0 Å². The molecule has 8 heteroatoms. The topological polar surface area (TPSA) is 79.9 Å². The van der Waals surface area contributed by atoms with Crippen molar-refractivity contribution >= 4 is 62.2 Å². The fraction of sp³-hybridized carbons (Fsp3) is 0. The Hall–Kier alpha value is -5.94. The number of anilines is 3. The van der Waals surface area contributed by atoms with Gasteiger partial charge < -0.3 is 4.74 Å². The van der Waals surface area contributed by atoms with Crippen LogP contribution in [-0.4, -0.2) is 26.2 Å². The van der Waals surface area contributed by atoms with Crippen molar-refractivity contribution in [1.82, 2.24) is 19.5 Å². The molecule has 0 N–H and O–H groups in total. The highest BCUT2D eigenvalue weighted by Crippen LogP contribution is 2.39. The maximum absolute atomic E-state index is 10.1. The lowest BCUT2D eigenvalue weighted by Crippen LogP contribution is -2.59. The molecule has 5 aromatic carbocycles. The molecular weight excluding hydrogens is 519 g/mol. The maximum atomic E-state index is 10.1. The average molecular weight is 538 g/mol. The summed E-state index contributed by atoms with van der Waals surface area (Å²) in [6, 6.07) is 41.1. The summed E-state index contributed by atoms with van der Waals surface area (Å²) in [7, 11) is 0. The number of nitrogens with zero attached hydrogens (tertiary/aromatic N) is 6. The molecule has 2 aliphatic rings. The number of ether oxygens (including phenoxy) is 1. The quantitative estimate of drug-likeness (QED) is 0.280. The van der Waals surface area contributed by atoms with Crippen LogP contribution in [0.3, 0.4) is 0 Å². The second-order valence-corrected chi connectivity index (χ2v) is 10.4. The van der Waals surface area contributed by atoms with Crippen molar-refractivity contribution in [3.63, 3.8) is 0 Å². The lowest BCUT2D eigenvalue weighted by Gasteiger charge is -2.38. The zero-order chi connectivity index (χ0) is 27.8. The van der Waals surface area contributed by atoms with Gasteiger partial charge in [-0.05, 0) is 52.8 Å². The second-order valence-electron chi connectivity index (χ2n) is 10.4. The van der Waals surface area contributed by atoms with Crippen LogP contribution < -0.4 is 26.0 Å². The van der Waals surface area contributed by atoms with E-state index in [2.05, 4.69) is 58.5 Å². The molecule has 9 rings (SSSR count). The van der Waals surface area contributed by atoms with Gasteiger partial charge in [0.15, 0.2) is 0 Å². The van der Waals surface area contributed by atoms with Crippen molar-refractivity contribution < 1.29 is 4.74 Å². The smallest absolute Gasteiger partial charge is 0.256 e. The number of fused-ring (bicyclic) bond motifs is 7. The average Bonchev–Trinajstić information content (AvgIpc) is 3.39. The summed E-state index contributed by atoms with van der Waals surface area (Å²) in [5.74, 6) is 2.46. The molecule has 2 aliphatic heterocycles. The van der Waals surface area contributed by atoms with Crippen LogP contribution in [0.2, 0.25) is 0 Å². The van der Waals surface area contributed by atoms with E-state index in [1.807, 2.05) is 82.3 Å². The Bertz CT molecular complexity index is 2230. The van der Waals surface area contributed by atoms with Crippen LogP contribution in [0, 0.1) is 11.3 Å². The summed E-state index contributed by atoms with van der Waals surface area (Å²) in [5.41, 5.74) is 7.06. The summed E-state index contributed by atoms with van der Waals surface area (Å²) < 4.78 is 8.42. The van der Waals surface area contributed by atoms with E-state index in [0.717, 1.165) is 61.1 Å². The van der Waals surface area contributed by atoms with Crippen LogP contribution in [0.4, 0.5) is 17.3 Å². The third-order valence-electron chi connectivity index (χ3n) is 8.20. The molecule has 0 radical (unpaired) electrons. The third kappa shape index (κ3) is 3.07. The summed E-state index contributed by atoms with van der Waals surface area (Å²) in [4.78, 5) is 16.4. The van der Waals surface area contributed by atoms with E-state index in [4.69, 9.17) is 9.72 Å². The number of para-hydroxylation sites is 4. The minimum atomic E-state index is -0.0114. The van der Waals surface area contributed by atoms with Crippen molar-refractivity contribution in [1.29, 1.82) is 5.26 Å². The van der Waals surface area contributed by atoms with Gasteiger partial charge >= 0.3 is 0 Å². The van der Waals surface area contributed by atoms with Crippen LogP contribution in [0.1, 0.15) is 5.82 Å². The van der Waals surface area contributed by atoms with Gasteiger partial charge in [0.25, 0.3) is 6.71 Å². The molecule has 0 unspecified atom stereocenters. The summed E-state index contributed by atoms with van der Waals surface area (Å²) in [6.45, 7) is -0.0114. The van der Waals surface area contributed by atoms with Crippen LogP contribution >= 0.6 is 0 Å². The van der Waals surface area contributed by atoms with Gasteiger partial charge in [-0.25, -0.2) is 0 Å². The van der Waals surface area contributed by atoms with Crippen LogP contribution in [0.5, 0.6) is 11.5 Å². The van der Waals surface area contributed by atoms with E-state index < -0.39 is 0 Å². The number of rotatable bonds is 2. The number of aromatic nitrogens is 4. The van der Waals surface area contributed by atoms with Gasteiger partial charge in [-0.2, -0.15) is 20.2 Å². The number of hydrogen-bond donors (Lipinski definition) is 0. The Morgan fingerprint density at radius 3 is 2.00 bits per heavy atom. The molecule has 0 saturated heterocycles. The normalized spacial score (nSPS) is 12.8. The van der Waals surface area contributed by atoms with Gasteiger partial charge in [-0.1, -0.05) is 78.9 Å². The first-order chi connectivity index (χ1) is 20.8. The highest BCUT2D eigenvalue weighted by molar-refractivity contribution is 6.99. The molecule has 4 heterocycles. The molecule has 2 aromatic heterocycles. The Kier molecular flexibility index (Phi) is 4.64. The fourth-order valence-corrected chi connectivity index (χ4v) is 6.54. The fourth-order valence-electron chi connectivity index (χ4n) is 6.54. The second kappa shape index (κ2) is 8.53. The van der Waals surface area contributed by atoms with E-state index in [-0.39, 0.29) is 12.5 Å². The van der Waals surface area contributed by atoms with E-state index in [1.54, 1.807) is 0 Å². The highest BCUT2D eigenvalue weighted by atomic mass is 16.5. The third-order valence-corrected chi connectivity index (χ3v) is 8.20. The molecular formula is C34H19BN6O. The molecule has 7 nitrogen and oxygen atoms in total. The highest BCUT2D eigenvalue weighted by Gasteiger charge is 2.42. The van der Waals surface area contributed by atoms with Crippen molar-refractivity contribution in [2.45, 2.75) is 0 Å². The zero-order valence-electron chi connectivity index (χ0n) is 22.1. The first-order valence-electron chi connectivity index (χ1n) is 13.7. The largest absolute Gasteiger partial charge is 0.458 e. The molecule has 0 amide bonds. The predicted octanol–water partition coefficient (Wildman–Crippen LogP) is 5.25. The number of hydrogen-bond acceptors (Lipinski definition) is 6. The number of nitriles is 1. The summed E-state index contributed by atoms with van der Waals surface area (Å²) >= 11 is 0. The van der Waals surface area contributed by atoms with Crippen LogP contribution in [-0.2, 0) is 0 Å². The van der Waals surface area contributed by atoms with Crippen molar-refractivity contribution in [2.24, 2.45) is 0 Å². The van der Waals surface area contributed by atoms with Gasteiger partial charge in [0, 0.05) is 22.1 Å². The first-order valence-corrected chi connectivity index (χ1v) is 13.7. The lowest BCUT2D eigenvalue weighted by molar-refractivity contribution is 0.487. The minimum Gasteiger partial charge on any atom is -0.458 e. The van der Waals surface area contributed by atoms with Gasteiger partial charge in [-0.3, -0.25) is 9.47 Å². The molecule has 0 bridgehead atoms. The van der Waals surface area contributed by atoms with Gasteiger partial charge in [0.1, 0.15) is 17.6 Å². The number of benzene rings is 5. The Labute approximate surface area is 241 Å². The van der Waals surface area contributed by atoms with Crippen molar-refractivity contribution in [2.75, 3.05) is 4.90 Å². The summed E-state index contributed by atoms with van der Waals surface area (Å²) in [5, 5.41) is 12.3. The zero-order valence-corrected chi connectivity index (χ0v) is 22.1. The SMILES string of the molecule is N#Cc1nc(N2c3ccccc3B3c4ccccc4Oc4cccc2c43)nc(-n2c3ccccc3c3ccccc32)n1. The standard InChI is InChI=1S/C34H19BN6O/c36-20-31-37-33(40-25-14-5-1-10-21(25)22-11-2-6-15-26(22)40)39-34(38-31)41-27-16-7-3-12-23(27)35-24-13-4-8-18-29(24)42-30-19-9-17-28(41)32(30)35/h1-19H. The predicted molar refractivity (Wildman–Crippen MR) is 165 cm³/mol. The minimum absolute atomic E-state index is 0.0114. The summed E-state index contributed by atoms with van der Waals surface area (Å²) in [6.07, 6.45) is 0. The Balaban J connectivity index is 1.33. The van der Waals surface area contributed by atoms with Gasteiger partial charge in [-0.15, -0.1) is 0 Å². The molecule has 0 atom stereocenters. The van der Waals surface area contributed by atoms with E-state index in [9.17, 15) is 5.26 Å². The molecule has 42 heavy (non-hydrogen) atoms. The molecule has 0 saturated carbocycles. The monoisotopic (exact) mass is 538 g/mol. The molecule has 0 aliphatic carbocycles. The molecule has 0 spiro atoms. The maximum Gasteiger partial charge on any atom is 0.256 e. The molecule has 194 valence electrons. The Morgan fingerprint density at radius 1 is 0.595 bits per heavy atom. The van der Waals surface area contributed by atoms with Crippen molar-refractivity contribution in [3.05, 3.63) is 121 Å². The first kappa shape index (κ1) is 22.8. The van der Waals surface area contributed by atoms with Gasteiger partial charge in [0.2, 0.25) is 17.7 Å². The van der Waals surface area contributed by atoms with E-state index in [1.165, 1.54) is 0 Å². The van der Waals surface area contributed by atoms with Crippen LogP contribution in [0.15, 0.2) is 115 Å². The molecule has 7 aromatic rings.